The van der Waals surface area contributed by atoms with Crippen LogP contribution in [-0.4, -0.2) is 58.3 Å². The van der Waals surface area contributed by atoms with Crippen molar-refractivity contribution in [3.8, 4) is 0 Å². The van der Waals surface area contributed by atoms with E-state index in [0.717, 1.165) is 36.7 Å². The van der Waals surface area contributed by atoms with Crippen LogP contribution in [0.3, 0.4) is 0 Å². The Labute approximate surface area is 151 Å². The average molecular weight is 356 g/mol. The van der Waals surface area contributed by atoms with Gasteiger partial charge in [-0.05, 0) is 22.8 Å². The van der Waals surface area contributed by atoms with Crippen LogP contribution < -0.4 is 4.90 Å². The number of aromatic nitrogens is 9. The third-order valence-corrected chi connectivity index (χ3v) is 4.66. The molecule has 0 aliphatic carbocycles. The summed E-state index contributed by atoms with van der Waals surface area (Å²) in [5.41, 5.74) is 1.20. The highest BCUT2D eigenvalue weighted by Gasteiger charge is 2.28. The Bertz CT molecular complexity index is 934. The van der Waals surface area contributed by atoms with E-state index >= 15 is 0 Å². The van der Waals surface area contributed by atoms with Gasteiger partial charge in [0, 0.05) is 25.6 Å². The molecule has 0 bridgehead atoms. The summed E-state index contributed by atoms with van der Waals surface area (Å²) in [7, 11) is 1.80. The van der Waals surface area contributed by atoms with Crippen LogP contribution in [0.2, 0.25) is 0 Å². The summed E-state index contributed by atoms with van der Waals surface area (Å²) in [6.07, 6.45) is 1.16. The van der Waals surface area contributed by atoms with Crippen molar-refractivity contribution in [3.05, 3.63) is 11.6 Å². The van der Waals surface area contributed by atoms with Gasteiger partial charge in [0.2, 0.25) is 5.65 Å². The standard InChI is InChI=1S/C16H24N10/c1-10-6-7-25(8-10)14-12-13(17-15(18-14)16(2,3)4)21-26(20-12)9-11-19-22-23-24(11)5/h10H,6-9H2,1-5H3. The normalized spacial score (nSPS) is 18.2. The molecule has 0 saturated carbocycles. The molecular weight excluding hydrogens is 332 g/mol. The predicted octanol–water partition coefficient (Wildman–Crippen LogP) is 0.937. The van der Waals surface area contributed by atoms with E-state index in [4.69, 9.17) is 4.98 Å². The van der Waals surface area contributed by atoms with Crippen LogP contribution in [0.1, 0.15) is 45.8 Å². The zero-order valence-corrected chi connectivity index (χ0v) is 15.9. The lowest BCUT2D eigenvalue weighted by molar-refractivity contribution is 0.543. The van der Waals surface area contributed by atoms with Gasteiger partial charge >= 0.3 is 0 Å². The maximum atomic E-state index is 4.87. The van der Waals surface area contributed by atoms with Crippen LogP contribution >= 0.6 is 0 Å². The first-order valence-electron chi connectivity index (χ1n) is 8.91. The molecule has 138 valence electrons. The number of hydrogen-bond acceptors (Lipinski definition) is 8. The van der Waals surface area contributed by atoms with Gasteiger partial charge in [0.1, 0.15) is 12.4 Å². The van der Waals surface area contributed by atoms with Gasteiger partial charge in [-0.1, -0.05) is 27.7 Å². The van der Waals surface area contributed by atoms with Gasteiger partial charge in [-0.25, -0.2) is 14.6 Å². The van der Waals surface area contributed by atoms with Crippen LogP contribution in [-0.2, 0) is 19.0 Å². The molecule has 1 aliphatic heterocycles. The minimum atomic E-state index is -0.161. The summed E-state index contributed by atoms with van der Waals surface area (Å²) < 4.78 is 1.61. The van der Waals surface area contributed by atoms with Crippen LogP contribution in [0, 0.1) is 5.92 Å². The maximum absolute atomic E-state index is 4.87. The second-order valence-corrected chi connectivity index (χ2v) is 8.08. The van der Waals surface area contributed by atoms with Crippen molar-refractivity contribution in [2.24, 2.45) is 13.0 Å². The molecule has 4 rings (SSSR count). The van der Waals surface area contributed by atoms with Crippen molar-refractivity contribution in [3.63, 3.8) is 0 Å². The van der Waals surface area contributed by atoms with Crippen LogP contribution in [0.15, 0.2) is 0 Å². The molecule has 3 aromatic heterocycles. The first kappa shape index (κ1) is 16.8. The van der Waals surface area contributed by atoms with Crippen LogP contribution in [0.4, 0.5) is 5.82 Å². The lowest BCUT2D eigenvalue weighted by Gasteiger charge is -2.21. The maximum Gasteiger partial charge on any atom is 0.207 e. The quantitative estimate of drug-likeness (QED) is 0.683. The largest absolute Gasteiger partial charge is 0.354 e. The van der Waals surface area contributed by atoms with E-state index in [9.17, 15) is 0 Å². The molecular formula is C16H24N10. The first-order valence-corrected chi connectivity index (χ1v) is 8.91. The Balaban J connectivity index is 1.80. The molecule has 10 heteroatoms. The van der Waals surface area contributed by atoms with E-state index < -0.39 is 0 Å². The zero-order valence-electron chi connectivity index (χ0n) is 15.9. The highest BCUT2D eigenvalue weighted by molar-refractivity contribution is 5.82. The number of fused-ring (bicyclic) bond motifs is 1. The number of rotatable bonds is 3. The van der Waals surface area contributed by atoms with Crippen LogP contribution in [0.5, 0.6) is 0 Å². The molecule has 26 heavy (non-hydrogen) atoms. The Morgan fingerprint density at radius 1 is 1.15 bits per heavy atom. The highest BCUT2D eigenvalue weighted by atomic mass is 15.6. The van der Waals surface area contributed by atoms with Gasteiger partial charge in [0.05, 0.1) is 0 Å². The second kappa shape index (κ2) is 5.96. The summed E-state index contributed by atoms with van der Waals surface area (Å²) in [5, 5.41) is 20.7. The smallest absolute Gasteiger partial charge is 0.207 e. The molecule has 4 heterocycles. The number of aryl methyl sites for hydroxylation is 1. The fourth-order valence-electron chi connectivity index (χ4n) is 3.10. The molecule has 0 radical (unpaired) electrons. The summed E-state index contributed by atoms with van der Waals surface area (Å²) >= 11 is 0. The SMILES string of the molecule is CC1CCN(c2nc(C(C)(C)C)nc3nn(Cc4nnnn4C)nc23)C1. The van der Waals surface area contributed by atoms with Crippen molar-refractivity contribution < 1.29 is 0 Å². The Kier molecular flexibility index (Phi) is 3.85. The zero-order chi connectivity index (χ0) is 18.5. The van der Waals surface area contributed by atoms with E-state index in [2.05, 4.69) is 63.3 Å². The molecule has 1 saturated heterocycles. The van der Waals surface area contributed by atoms with Crippen molar-refractivity contribution >= 4 is 17.0 Å². The Hall–Kier alpha value is -2.65. The first-order chi connectivity index (χ1) is 12.3. The molecule has 0 N–H and O–H groups in total. The summed E-state index contributed by atoms with van der Waals surface area (Å²) in [6, 6.07) is 0. The topological polar surface area (TPSA) is 103 Å². The number of hydrogen-bond donors (Lipinski definition) is 0. The summed E-state index contributed by atoms with van der Waals surface area (Å²) in [6.45, 7) is 11.0. The van der Waals surface area contributed by atoms with E-state index in [-0.39, 0.29) is 5.41 Å². The fourth-order valence-corrected chi connectivity index (χ4v) is 3.10. The van der Waals surface area contributed by atoms with Crippen LogP contribution in [0.25, 0.3) is 11.2 Å². The third kappa shape index (κ3) is 2.99. The minimum absolute atomic E-state index is 0.161. The number of anilines is 1. The molecule has 1 fully saturated rings. The van der Waals surface area contributed by atoms with E-state index in [0.29, 0.717) is 23.9 Å². The fraction of sp³-hybridized carbons (Fsp3) is 0.688. The molecule has 1 atom stereocenters. The van der Waals surface area contributed by atoms with Gasteiger partial charge in [-0.2, -0.15) is 4.80 Å². The molecule has 1 aliphatic rings. The van der Waals surface area contributed by atoms with Gasteiger partial charge in [-0.3, -0.25) is 0 Å². The van der Waals surface area contributed by atoms with E-state index in [1.165, 1.54) is 0 Å². The lowest BCUT2D eigenvalue weighted by Crippen LogP contribution is -2.24. The summed E-state index contributed by atoms with van der Waals surface area (Å²) in [4.78, 5) is 13.4. The average Bonchev–Trinajstić information content (AvgIpc) is 3.26. The second-order valence-electron chi connectivity index (χ2n) is 8.08. The Morgan fingerprint density at radius 3 is 2.58 bits per heavy atom. The molecule has 3 aromatic rings. The molecule has 1 unspecified atom stereocenters. The van der Waals surface area contributed by atoms with Crippen molar-refractivity contribution in [2.45, 2.75) is 46.1 Å². The van der Waals surface area contributed by atoms with Crippen molar-refractivity contribution in [2.75, 3.05) is 18.0 Å². The number of tetrazole rings is 1. The van der Waals surface area contributed by atoms with E-state index in [1.54, 1.807) is 16.5 Å². The summed E-state index contributed by atoms with van der Waals surface area (Å²) in [5.74, 6) is 3.00. The van der Waals surface area contributed by atoms with Crippen molar-refractivity contribution in [1.29, 1.82) is 0 Å². The minimum Gasteiger partial charge on any atom is -0.354 e. The molecule has 0 amide bonds. The number of nitrogens with zero attached hydrogens (tertiary/aromatic N) is 10. The Morgan fingerprint density at radius 2 is 1.96 bits per heavy atom. The third-order valence-electron chi connectivity index (χ3n) is 4.66. The van der Waals surface area contributed by atoms with E-state index in [1.807, 2.05) is 0 Å². The van der Waals surface area contributed by atoms with Crippen molar-refractivity contribution in [1.82, 2.24) is 45.2 Å². The lowest BCUT2D eigenvalue weighted by atomic mass is 9.96. The monoisotopic (exact) mass is 356 g/mol. The highest BCUT2D eigenvalue weighted by Crippen LogP contribution is 2.29. The predicted molar refractivity (Wildman–Crippen MR) is 95.7 cm³/mol. The molecule has 10 nitrogen and oxygen atoms in total. The molecule has 0 aromatic carbocycles. The molecule has 0 spiro atoms. The van der Waals surface area contributed by atoms with Gasteiger partial charge in [0.15, 0.2) is 17.2 Å². The van der Waals surface area contributed by atoms with Gasteiger partial charge in [-0.15, -0.1) is 15.3 Å². The van der Waals surface area contributed by atoms with Gasteiger partial charge in [0.25, 0.3) is 0 Å². The van der Waals surface area contributed by atoms with Gasteiger partial charge < -0.3 is 4.90 Å².